The SMILES string of the molecule is CCN(CC)S(=O)(=O)c1ccc(C)c(NC(=S)N(CCC(N)=O)Cc2ccccc2)c1. The van der Waals surface area contributed by atoms with Gasteiger partial charge in [0.25, 0.3) is 0 Å². The highest BCUT2D eigenvalue weighted by Crippen LogP contribution is 2.23. The van der Waals surface area contributed by atoms with Gasteiger partial charge in [0.15, 0.2) is 5.11 Å². The molecular weight excluding hydrogens is 432 g/mol. The van der Waals surface area contributed by atoms with Crippen molar-refractivity contribution in [1.29, 1.82) is 0 Å². The lowest BCUT2D eigenvalue weighted by Gasteiger charge is -2.26. The van der Waals surface area contributed by atoms with E-state index in [1.165, 1.54) is 4.31 Å². The van der Waals surface area contributed by atoms with Gasteiger partial charge in [-0.1, -0.05) is 50.2 Å². The molecular formula is C22H30N4O3S2. The summed E-state index contributed by atoms with van der Waals surface area (Å²) >= 11 is 5.61. The molecule has 0 aliphatic heterocycles. The number of amides is 1. The molecule has 3 N–H and O–H groups in total. The Labute approximate surface area is 190 Å². The second kappa shape index (κ2) is 11.2. The van der Waals surface area contributed by atoms with Gasteiger partial charge in [-0.2, -0.15) is 4.31 Å². The number of anilines is 1. The number of nitrogens with two attached hydrogens (primary N) is 1. The molecule has 0 atom stereocenters. The number of thiocarbonyl (C=S) groups is 1. The van der Waals surface area contributed by atoms with E-state index < -0.39 is 15.9 Å². The lowest BCUT2D eigenvalue weighted by Crippen LogP contribution is -2.37. The van der Waals surface area contributed by atoms with Crippen molar-refractivity contribution in [3.05, 3.63) is 59.7 Å². The van der Waals surface area contributed by atoms with Gasteiger partial charge in [-0.05, 0) is 42.4 Å². The molecule has 0 unspecified atom stereocenters. The molecule has 9 heteroatoms. The van der Waals surface area contributed by atoms with Crippen molar-refractivity contribution in [1.82, 2.24) is 9.21 Å². The number of primary amides is 1. The van der Waals surface area contributed by atoms with Gasteiger partial charge in [0, 0.05) is 38.3 Å². The van der Waals surface area contributed by atoms with Crippen LogP contribution in [0.1, 0.15) is 31.4 Å². The van der Waals surface area contributed by atoms with Crippen LogP contribution in [0.2, 0.25) is 0 Å². The maximum atomic E-state index is 12.9. The third-order valence-electron chi connectivity index (χ3n) is 4.93. The summed E-state index contributed by atoms with van der Waals surface area (Å²) in [5.74, 6) is -0.413. The van der Waals surface area contributed by atoms with Crippen molar-refractivity contribution in [3.8, 4) is 0 Å². The average molecular weight is 463 g/mol. The van der Waals surface area contributed by atoms with E-state index in [9.17, 15) is 13.2 Å². The molecule has 0 aliphatic rings. The molecule has 0 bridgehead atoms. The number of nitrogens with one attached hydrogen (secondary N) is 1. The summed E-state index contributed by atoms with van der Waals surface area (Å²) in [5.41, 5.74) is 7.83. The topological polar surface area (TPSA) is 95.7 Å². The molecule has 7 nitrogen and oxygen atoms in total. The number of carbonyl (C=O) groups excluding carboxylic acids is 1. The van der Waals surface area contributed by atoms with Gasteiger partial charge in [-0.15, -0.1) is 0 Å². The lowest BCUT2D eigenvalue weighted by atomic mass is 10.2. The van der Waals surface area contributed by atoms with Crippen molar-refractivity contribution in [3.63, 3.8) is 0 Å². The zero-order valence-electron chi connectivity index (χ0n) is 18.2. The highest BCUT2D eigenvalue weighted by molar-refractivity contribution is 7.89. The summed E-state index contributed by atoms with van der Waals surface area (Å²) in [5, 5.41) is 3.56. The maximum Gasteiger partial charge on any atom is 0.243 e. The highest BCUT2D eigenvalue weighted by atomic mass is 32.2. The van der Waals surface area contributed by atoms with Crippen molar-refractivity contribution in [2.45, 2.75) is 38.6 Å². The molecule has 2 aromatic carbocycles. The van der Waals surface area contributed by atoms with Gasteiger partial charge in [-0.25, -0.2) is 8.42 Å². The van der Waals surface area contributed by atoms with Crippen molar-refractivity contribution in [2.24, 2.45) is 5.73 Å². The first-order valence-corrected chi connectivity index (χ1v) is 12.0. The molecule has 0 aromatic heterocycles. The molecule has 168 valence electrons. The van der Waals surface area contributed by atoms with E-state index in [4.69, 9.17) is 18.0 Å². The predicted octanol–water partition coefficient (Wildman–Crippen LogP) is 3.10. The van der Waals surface area contributed by atoms with Crippen LogP contribution < -0.4 is 11.1 Å². The molecule has 0 aliphatic carbocycles. The largest absolute Gasteiger partial charge is 0.370 e. The van der Waals surface area contributed by atoms with E-state index >= 15 is 0 Å². The van der Waals surface area contributed by atoms with Crippen LogP contribution in [0.15, 0.2) is 53.4 Å². The second-order valence-corrected chi connectivity index (χ2v) is 9.44. The Kier molecular flexibility index (Phi) is 8.97. The van der Waals surface area contributed by atoms with Crippen molar-refractivity contribution in [2.75, 3.05) is 25.0 Å². The fraction of sp³-hybridized carbons (Fsp3) is 0.364. The molecule has 2 rings (SSSR count). The Morgan fingerprint density at radius 1 is 1.10 bits per heavy atom. The molecule has 0 radical (unpaired) electrons. The fourth-order valence-corrected chi connectivity index (χ4v) is 4.86. The summed E-state index contributed by atoms with van der Waals surface area (Å²) in [7, 11) is -3.59. The van der Waals surface area contributed by atoms with E-state index in [1.807, 2.05) is 56.0 Å². The first kappa shape index (κ1) is 24.8. The van der Waals surface area contributed by atoms with E-state index in [1.54, 1.807) is 18.2 Å². The first-order valence-electron chi connectivity index (χ1n) is 10.2. The number of sulfonamides is 1. The van der Waals surface area contributed by atoms with Gasteiger partial charge in [0.05, 0.1) is 4.90 Å². The number of carbonyl (C=O) groups is 1. The highest BCUT2D eigenvalue weighted by Gasteiger charge is 2.22. The number of hydrogen-bond donors (Lipinski definition) is 2. The lowest BCUT2D eigenvalue weighted by molar-refractivity contribution is -0.118. The summed E-state index contributed by atoms with van der Waals surface area (Å²) < 4.78 is 27.2. The molecule has 0 spiro atoms. The molecule has 1 amide bonds. The molecule has 0 saturated heterocycles. The van der Waals surface area contributed by atoms with Gasteiger partial charge in [-0.3, -0.25) is 4.79 Å². The average Bonchev–Trinajstić information content (AvgIpc) is 2.73. The monoisotopic (exact) mass is 462 g/mol. The summed E-state index contributed by atoms with van der Waals surface area (Å²) in [4.78, 5) is 13.4. The van der Waals surface area contributed by atoms with E-state index in [0.29, 0.717) is 37.0 Å². The predicted molar refractivity (Wildman–Crippen MR) is 128 cm³/mol. The second-order valence-electron chi connectivity index (χ2n) is 7.12. The number of aryl methyl sites for hydroxylation is 1. The third kappa shape index (κ3) is 6.75. The minimum Gasteiger partial charge on any atom is -0.370 e. The number of rotatable bonds is 10. The van der Waals surface area contributed by atoms with Gasteiger partial charge in [0.2, 0.25) is 15.9 Å². The molecule has 0 saturated carbocycles. The number of benzene rings is 2. The van der Waals surface area contributed by atoms with E-state index in [0.717, 1.165) is 11.1 Å². The molecule has 31 heavy (non-hydrogen) atoms. The Morgan fingerprint density at radius 3 is 2.32 bits per heavy atom. The van der Waals surface area contributed by atoms with Crippen LogP contribution in [0.3, 0.4) is 0 Å². The maximum absolute atomic E-state index is 12.9. The molecule has 0 fully saturated rings. The van der Waals surface area contributed by atoms with Gasteiger partial charge >= 0.3 is 0 Å². The Bertz CT molecular complexity index is 1010. The van der Waals surface area contributed by atoms with Crippen LogP contribution in [0.25, 0.3) is 0 Å². The summed E-state index contributed by atoms with van der Waals surface area (Å²) in [6, 6.07) is 14.7. The third-order valence-corrected chi connectivity index (χ3v) is 7.33. The Hall–Kier alpha value is -2.49. The quantitative estimate of drug-likeness (QED) is 0.527. The van der Waals surface area contributed by atoms with Gasteiger partial charge in [0.1, 0.15) is 0 Å². The normalized spacial score (nSPS) is 11.4. The van der Waals surface area contributed by atoms with Crippen LogP contribution >= 0.6 is 12.2 Å². The van der Waals surface area contributed by atoms with Crippen LogP contribution in [0.4, 0.5) is 5.69 Å². The smallest absolute Gasteiger partial charge is 0.243 e. The first-order chi connectivity index (χ1) is 14.7. The van der Waals surface area contributed by atoms with Crippen molar-refractivity contribution < 1.29 is 13.2 Å². The number of nitrogens with zero attached hydrogens (tertiary/aromatic N) is 2. The standard InChI is InChI=1S/C22H30N4O3S2/c1-4-26(5-2)31(28,29)19-12-11-17(3)20(15-19)24-22(30)25(14-13-21(23)27)16-18-9-7-6-8-10-18/h6-12,15H,4-5,13-14,16H2,1-3H3,(H2,23,27)(H,24,30). The minimum absolute atomic E-state index is 0.157. The zero-order valence-corrected chi connectivity index (χ0v) is 19.8. The number of hydrogen-bond acceptors (Lipinski definition) is 4. The van der Waals surface area contributed by atoms with E-state index in [2.05, 4.69) is 5.32 Å². The van der Waals surface area contributed by atoms with Crippen LogP contribution in [0, 0.1) is 6.92 Å². The van der Waals surface area contributed by atoms with Crippen LogP contribution in [-0.2, 0) is 21.4 Å². The molecule has 0 heterocycles. The summed E-state index contributed by atoms with van der Waals surface area (Å²) in [6.45, 7) is 7.14. The Balaban J connectivity index is 2.28. The Morgan fingerprint density at radius 2 is 1.74 bits per heavy atom. The van der Waals surface area contributed by atoms with Crippen LogP contribution in [-0.4, -0.2) is 48.3 Å². The van der Waals surface area contributed by atoms with E-state index in [-0.39, 0.29) is 11.3 Å². The summed E-state index contributed by atoms with van der Waals surface area (Å²) in [6.07, 6.45) is 0.157. The van der Waals surface area contributed by atoms with Crippen LogP contribution in [0.5, 0.6) is 0 Å². The van der Waals surface area contributed by atoms with Crippen molar-refractivity contribution >= 4 is 38.9 Å². The minimum atomic E-state index is -3.59. The zero-order chi connectivity index (χ0) is 23.0. The van der Waals surface area contributed by atoms with Gasteiger partial charge < -0.3 is 16.0 Å². The fourth-order valence-electron chi connectivity index (χ4n) is 3.10. The molecule has 2 aromatic rings.